The van der Waals surface area contributed by atoms with Crippen molar-refractivity contribution in [3.05, 3.63) is 35.9 Å². The maximum Gasteiger partial charge on any atom is 0.0679 e. The molecule has 0 radical (unpaired) electrons. The fourth-order valence-corrected chi connectivity index (χ4v) is 3.38. The third kappa shape index (κ3) is 3.35. The van der Waals surface area contributed by atoms with E-state index in [1.807, 2.05) is 0 Å². The molecule has 3 heteroatoms. The van der Waals surface area contributed by atoms with Gasteiger partial charge in [-0.05, 0) is 37.9 Å². The van der Waals surface area contributed by atoms with E-state index >= 15 is 0 Å². The molecule has 2 aliphatic rings. The van der Waals surface area contributed by atoms with Gasteiger partial charge in [-0.15, -0.1) is 0 Å². The topological polar surface area (TPSA) is 26.7 Å². The van der Waals surface area contributed by atoms with Gasteiger partial charge in [0.15, 0.2) is 0 Å². The van der Waals surface area contributed by atoms with E-state index in [1.165, 1.54) is 31.5 Å². The van der Waals surface area contributed by atoms with E-state index in [4.69, 9.17) is 0 Å². The molecule has 0 amide bonds. The Balaban J connectivity index is 1.47. The zero-order valence-corrected chi connectivity index (χ0v) is 11.5. The molecular formula is C16H24N2O. The second-order valence-electron chi connectivity index (χ2n) is 5.93. The number of hydrogen-bond donors (Lipinski definition) is 1. The lowest BCUT2D eigenvalue weighted by atomic mass is 10.0. The van der Waals surface area contributed by atoms with Crippen LogP contribution >= 0.6 is 0 Å². The number of benzene rings is 1. The number of aliphatic hydroxyl groups excluding tert-OH is 1. The summed E-state index contributed by atoms with van der Waals surface area (Å²) in [6.07, 6.45) is 3.38. The molecule has 0 spiro atoms. The number of β-amino-alcohol motifs (C(OH)–C–C–N with tert-alkyl or cyclic N) is 1. The number of hydrogen-bond acceptors (Lipinski definition) is 3. The van der Waals surface area contributed by atoms with Gasteiger partial charge in [0.1, 0.15) is 0 Å². The molecule has 2 fully saturated rings. The molecule has 2 heterocycles. The summed E-state index contributed by atoms with van der Waals surface area (Å²) < 4.78 is 0. The summed E-state index contributed by atoms with van der Waals surface area (Å²) in [5.41, 5.74) is 1.41. The van der Waals surface area contributed by atoms with Crippen molar-refractivity contribution in [2.24, 2.45) is 0 Å². The van der Waals surface area contributed by atoms with Crippen molar-refractivity contribution in [2.45, 2.75) is 38.0 Å². The molecule has 0 bridgehead atoms. The van der Waals surface area contributed by atoms with E-state index in [0.29, 0.717) is 6.04 Å². The minimum atomic E-state index is -0.0812. The van der Waals surface area contributed by atoms with E-state index in [2.05, 4.69) is 40.1 Å². The molecule has 2 saturated heterocycles. The second kappa shape index (κ2) is 6.04. The first kappa shape index (κ1) is 13.1. The van der Waals surface area contributed by atoms with Crippen LogP contribution < -0.4 is 0 Å². The molecule has 1 unspecified atom stereocenters. The van der Waals surface area contributed by atoms with E-state index < -0.39 is 0 Å². The van der Waals surface area contributed by atoms with Gasteiger partial charge in [-0.1, -0.05) is 30.3 Å². The van der Waals surface area contributed by atoms with Crippen LogP contribution in [0.1, 0.15) is 24.8 Å². The van der Waals surface area contributed by atoms with Gasteiger partial charge in [0.2, 0.25) is 0 Å². The Morgan fingerprint density at radius 2 is 1.74 bits per heavy atom. The van der Waals surface area contributed by atoms with Crippen LogP contribution in [0.5, 0.6) is 0 Å². The van der Waals surface area contributed by atoms with Crippen molar-refractivity contribution in [3.8, 4) is 0 Å². The van der Waals surface area contributed by atoms with Gasteiger partial charge in [-0.2, -0.15) is 0 Å². The van der Waals surface area contributed by atoms with Gasteiger partial charge >= 0.3 is 0 Å². The lowest BCUT2D eigenvalue weighted by Gasteiger charge is -2.36. The van der Waals surface area contributed by atoms with Gasteiger partial charge < -0.3 is 5.11 Å². The molecule has 1 aromatic carbocycles. The summed E-state index contributed by atoms with van der Waals surface area (Å²) in [7, 11) is 0. The Labute approximate surface area is 115 Å². The van der Waals surface area contributed by atoms with Crippen LogP contribution in [0, 0.1) is 0 Å². The van der Waals surface area contributed by atoms with Crippen LogP contribution in [0.2, 0.25) is 0 Å². The zero-order chi connectivity index (χ0) is 13.1. The molecular weight excluding hydrogens is 236 g/mol. The molecule has 1 N–H and O–H groups in total. The third-order valence-electron chi connectivity index (χ3n) is 4.52. The van der Waals surface area contributed by atoms with Gasteiger partial charge in [-0.3, -0.25) is 9.80 Å². The zero-order valence-electron chi connectivity index (χ0n) is 11.5. The van der Waals surface area contributed by atoms with Crippen molar-refractivity contribution in [1.82, 2.24) is 9.80 Å². The minimum Gasteiger partial charge on any atom is -0.392 e. The maximum absolute atomic E-state index is 9.62. The fraction of sp³-hybridized carbons (Fsp3) is 0.625. The van der Waals surface area contributed by atoms with Gasteiger partial charge in [0.05, 0.1) is 6.10 Å². The Bertz CT molecular complexity index is 387. The molecule has 3 nitrogen and oxygen atoms in total. The molecule has 0 aromatic heterocycles. The highest BCUT2D eigenvalue weighted by Crippen LogP contribution is 2.22. The van der Waals surface area contributed by atoms with Crippen molar-refractivity contribution >= 4 is 0 Å². The number of nitrogens with zero attached hydrogens (tertiary/aromatic N) is 2. The molecule has 104 valence electrons. The predicted molar refractivity (Wildman–Crippen MR) is 76.9 cm³/mol. The highest BCUT2D eigenvalue weighted by molar-refractivity contribution is 5.14. The first-order valence-corrected chi connectivity index (χ1v) is 7.49. The van der Waals surface area contributed by atoms with Gasteiger partial charge in [0.25, 0.3) is 0 Å². The minimum absolute atomic E-state index is 0.0812. The third-order valence-corrected chi connectivity index (χ3v) is 4.52. The Morgan fingerprint density at radius 1 is 1.00 bits per heavy atom. The predicted octanol–water partition coefficient (Wildman–Crippen LogP) is 1.72. The summed E-state index contributed by atoms with van der Waals surface area (Å²) >= 11 is 0. The lowest BCUT2D eigenvalue weighted by molar-refractivity contribution is 0.106. The lowest BCUT2D eigenvalue weighted by Crippen LogP contribution is -2.44. The summed E-state index contributed by atoms with van der Waals surface area (Å²) in [4.78, 5) is 5.04. The average Bonchev–Trinajstić information content (AvgIpc) is 2.87. The largest absolute Gasteiger partial charge is 0.392 e. The van der Waals surface area contributed by atoms with E-state index in [0.717, 1.165) is 26.1 Å². The molecule has 0 aliphatic carbocycles. The molecule has 2 aliphatic heterocycles. The highest BCUT2D eigenvalue weighted by Gasteiger charge is 2.29. The number of rotatable bonds is 3. The molecule has 19 heavy (non-hydrogen) atoms. The van der Waals surface area contributed by atoms with Crippen LogP contribution in [0.4, 0.5) is 0 Å². The van der Waals surface area contributed by atoms with Crippen LogP contribution in [0.25, 0.3) is 0 Å². The number of aliphatic hydroxyl groups is 1. The average molecular weight is 260 g/mol. The van der Waals surface area contributed by atoms with Gasteiger partial charge in [0, 0.05) is 25.7 Å². The monoisotopic (exact) mass is 260 g/mol. The highest BCUT2D eigenvalue weighted by atomic mass is 16.3. The van der Waals surface area contributed by atoms with Crippen molar-refractivity contribution in [1.29, 1.82) is 0 Å². The fourth-order valence-electron chi connectivity index (χ4n) is 3.38. The summed E-state index contributed by atoms with van der Waals surface area (Å²) in [6, 6.07) is 11.4. The SMILES string of the molecule is OC1CCN(C2CCN(Cc3ccccc3)CC2)C1. The van der Waals surface area contributed by atoms with Crippen LogP contribution in [-0.4, -0.2) is 53.2 Å². The smallest absolute Gasteiger partial charge is 0.0679 e. The van der Waals surface area contributed by atoms with Crippen molar-refractivity contribution < 1.29 is 5.11 Å². The second-order valence-corrected chi connectivity index (χ2v) is 5.93. The van der Waals surface area contributed by atoms with Crippen LogP contribution in [-0.2, 0) is 6.54 Å². The molecule has 1 aromatic rings. The normalized spacial score (nSPS) is 26.9. The van der Waals surface area contributed by atoms with E-state index in [-0.39, 0.29) is 6.10 Å². The van der Waals surface area contributed by atoms with Gasteiger partial charge in [-0.25, -0.2) is 0 Å². The summed E-state index contributed by atoms with van der Waals surface area (Å²) in [5, 5.41) is 9.62. The Hall–Kier alpha value is -0.900. The first-order chi connectivity index (χ1) is 9.31. The number of likely N-dealkylation sites (tertiary alicyclic amines) is 2. The number of piperidine rings is 1. The van der Waals surface area contributed by atoms with E-state index in [9.17, 15) is 5.11 Å². The Kier molecular flexibility index (Phi) is 4.16. The Morgan fingerprint density at radius 3 is 2.37 bits per heavy atom. The standard InChI is InChI=1S/C16H24N2O/c19-16-8-11-18(13-16)15-6-9-17(10-7-15)12-14-4-2-1-3-5-14/h1-5,15-16,19H,6-13H2. The summed E-state index contributed by atoms with van der Waals surface area (Å²) in [5.74, 6) is 0. The molecule has 0 saturated carbocycles. The summed E-state index contributed by atoms with van der Waals surface area (Å²) in [6.45, 7) is 5.43. The van der Waals surface area contributed by atoms with Crippen LogP contribution in [0.15, 0.2) is 30.3 Å². The molecule has 3 rings (SSSR count). The maximum atomic E-state index is 9.62. The molecule has 1 atom stereocenters. The van der Waals surface area contributed by atoms with E-state index in [1.54, 1.807) is 0 Å². The first-order valence-electron chi connectivity index (χ1n) is 7.49. The van der Waals surface area contributed by atoms with Crippen molar-refractivity contribution in [3.63, 3.8) is 0 Å². The van der Waals surface area contributed by atoms with Crippen molar-refractivity contribution in [2.75, 3.05) is 26.2 Å². The quantitative estimate of drug-likeness (QED) is 0.896. The van der Waals surface area contributed by atoms with Crippen LogP contribution in [0.3, 0.4) is 0 Å².